The van der Waals surface area contributed by atoms with Crippen molar-refractivity contribution in [2.75, 3.05) is 13.7 Å². The first kappa shape index (κ1) is 16.3. The smallest absolute Gasteiger partial charge is 0.119 e. The molecule has 0 radical (unpaired) electrons. The molecule has 0 spiro atoms. The Labute approximate surface area is 128 Å². The maximum Gasteiger partial charge on any atom is 0.119 e. The van der Waals surface area contributed by atoms with E-state index < -0.39 is 0 Å². The van der Waals surface area contributed by atoms with Gasteiger partial charge in [0, 0.05) is 6.54 Å². The van der Waals surface area contributed by atoms with Crippen molar-refractivity contribution < 1.29 is 9.47 Å². The van der Waals surface area contributed by atoms with Crippen molar-refractivity contribution in [3.05, 3.63) is 29.8 Å². The quantitative estimate of drug-likeness (QED) is 0.868. The summed E-state index contributed by atoms with van der Waals surface area (Å²) in [5, 5.41) is 0. The van der Waals surface area contributed by atoms with Crippen LogP contribution in [0.4, 0.5) is 0 Å². The van der Waals surface area contributed by atoms with E-state index >= 15 is 0 Å². The third-order valence-electron chi connectivity index (χ3n) is 4.94. The first-order valence-electron chi connectivity index (χ1n) is 8.05. The summed E-state index contributed by atoms with van der Waals surface area (Å²) in [6, 6.07) is 8.06. The van der Waals surface area contributed by atoms with Crippen LogP contribution in [0.15, 0.2) is 24.3 Å². The molecule has 2 N–H and O–H groups in total. The van der Waals surface area contributed by atoms with Gasteiger partial charge in [0.05, 0.1) is 19.3 Å². The Hall–Kier alpha value is -1.06. The van der Waals surface area contributed by atoms with Crippen molar-refractivity contribution in [1.29, 1.82) is 0 Å². The van der Waals surface area contributed by atoms with Crippen LogP contribution in [0.2, 0.25) is 0 Å². The van der Waals surface area contributed by atoms with Crippen LogP contribution in [0.3, 0.4) is 0 Å². The number of benzene rings is 1. The molecule has 3 heteroatoms. The molecule has 1 aromatic rings. The number of rotatable bonds is 6. The van der Waals surface area contributed by atoms with Gasteiger partial charge < -0.3 is 15.2 Å². The fourth-order valence-corrected chi connectivity index (χ4v) is 3.24. The molecule has 0 bridgehead atoms. The van der Waals surface area contributed by atoms with Gasteiger partial charge in [-0.3, -0.25) is 0 Å². The van der Waals surface area contributed by atoms with Gasteiger partial charge in [0.25, 0.3) is 0 Å². The summed E-state index contributed by atoms with van der Waals surface area (Å²) in [5.74, 6) is 2.46. The van der Waals surface area contributed by atoms with Crippen molar-refractivity contribution in [1.82, 2.24) is 0 Å². The van der Waals surface area contributed by atoms with E-state index in [0.29, 0.717) is 13.2 Å². The van der Waals surface area contributed by atoms with Gasteiger partial charge >= 0.3 is 0 Å². The van der Waals surface area contributed by atoms with E-state index in [-0.39, 0.29) is 5.60 Å². The highest BCUT2D eigenvalue weighted by Crippen LogP contribution is 2.38. The first-order chi connectivity index (χ1) is 10.1. The van der Waals surface area contributed by atoms with Crippen molar-refractivity contribution >= 4 is 0 Å². The van der Waals surface area contributed by atoms with Gasteiger partial charge in [0.1, 0.15) is 5.75 Å². The zero-order valence-electron chi connectivity index (χ0n) is 13.6. The van der Waals surface area contributed by atoms with Gasteiger partial charge in [0.15, 0.2) is 0 Å². The predicted octanol–water partition coefficient (Wildman–Crippen LogP) is 3.76. The zero-order valence-corrected chi connectivity index (χ0v) is 13.6. The molecule has 1 aliphatic rings. The first-order valence-corrected chi connectivity index (χ1v) is 8.05. The maximum atomic E-state index is 6.25. The molecule has 0 aromatic heterocycles. The molecule has 21 heavy (non-hydrogen) atoms. The van der Waals surface area contributed by atoms with Crippen molar-refractivity contribution in [3.63, 3.8) is 0 Å². The largest absolute Gasteiger partial charge is 0.497 e. The fraction of sp³-hybridized carbons (Fsp3) is 0.667. The Morgan fingerprint density at radius 3 is 2.57 bits per heavy atom. The third-order valence-corrected chi connectivity index (χ3v) is 4.94. The summed E-state index contributed by atoms with van der Waals surface area (Å²) < 4.78 is 11.5. The standard InChI is InChI=1S/C18H29NO2/c1-14(2)16-7-9-18(13-19,10-8-16)21-12-15-5-4-6-17(11-15)20-3/h4-6,11,14,16H,7-10,12-13,19H2,1-3H3. The van der Waals surface area contributed by atoms with E-state index in [0.717, 1.165) is 36.0 Å². The molecule has 0 aliphatic heterocycles. The van der Waals surface area contributed by atoms with Crippen molar-refractivity contribution in [2.24, 2.45) is 17.6 Å². The summed E-state index contributed by atoms with van der Waals surface area (Å²) in [6.45, 7) is 5.86. The second-order valence-electron chi connectivity index (χ2n) is 6.61. The SMILES string of the molecule is COc1cccc(COC2(CN)CCC(C(C)C)CC2)c1. The molecule has 0 heterocycles. The molecule has 0 atom stereocenters. The second kappa shape index (κ2) is 7.28. The van der Waals surface area contributed by atoms with Crippen molar-refractivity contribution in [2.45, 2.75) is 51.7 Å². The van der Waals surface area contributed by atoms with Crippen molar-refractivity contribution in [3.8, 4) is 5.75 Å². The average Bonchev–Trinajstić information content (AvgIpc) is 2.53. The Balaban J connectivity index is 1.93. The molecule has 0 amide bonds. The fourth-order valence-electron chi connectivity index (χ4n) is 3.24. The minimum absolute atomic E-state index is 0.130. The average molecular weight is 291 g/mol. The molecule has 1 aliphatic carbocycles. The molecular formula is C18H29NO2. The number of methoxy groups -OCH3 is 1. The summed E-state index contributed by atoms with van der Waals surface area (Å²) in [5.41, 5.74) is 7.05. The van der Waals surface area contributed by atoms with E-state index in [9.17, 15) is 0 Å². The van der Waals surface area contributed by atoms with E-state index in [4.69, 9.17) is 15.2 Å². The van der Waals surface area contributed by atoms with Crippen LogP contribution >= 0.6 is 0 Å². The van der Waals surface area contributed by atoms with Gasteiger partial charge in [-0.05, 0) is 55.2 Å². The van der Waals surface area contributed by atoms with Gasteiger partial charge in [-0.2, -0.15) is 0 Å². The van der Waals surface area contributed by atoms with Crippen LogP contribution in [-0.2, 0) is 11.3 Å². The Morgan fingerprint density at radius 1 is 1.29 bits per heavy atom. The van der Waals surface area contributed by atoms with E-state index in [2.05, 4.69) is 19.9 Å². The molecule has 0 saturated heterocycles. The van der Waals surface area contributed by atoms with Crippen LogP contribution in [0, 0.1) is 11.8 Å². The second-order valence-corrected chi connectivity index (χ2v) is 6.61. The topological polar surface area (TPSA) is 44.5 Å². The van der Waals surface area contributed by atoms with Crippen LogP contribution in [0.5, 0.6) is 5.75 Å². The highest BCUT2D eigenvalue weighted by atomic mass is 16.5. The lowest BCUT2D eigenvalue weighted by Crippen LogP contribution is -2.44. The maximum absolute atomic E-state index is 6.25. The number of hydrogen-bond acceptors (Lipinski definition) is 3. The highest BCUT2D eigenvalue weighted by Gasteiger charge is 2.35. The van der Waals surface area contributed by atoms with Gasteiger partial charge in [-0.25, -0.2) is 0 Å². The monoisotopic (exact) mass is 291 g/mol. The van der Waals surface area contributed by atoms with E-state index in [1.165, 1.54) is 12.8 Å². The minimum atomic E-state index is -0.130. The van der Waals surface area contributed by atoms with Crippen LogP contribution in [-0.4, -0.2) is 19.3 Å². The van der Waals surface area contributed by atoms with Gasteiger partial charge in [-0.15, -0.1) is 0 Å². The predicted molar refractivity (Wildman–Crippen MR) is 86.4 cm³/mol. The Kier molecular flexibility index (Phi) is 5.65. The van der Waals surface area contributed by atoms with Gasteiger partial charge in [-0.1, -0.05) is 26.0 Å². The minimum Gasteiger partial charge on any atom is -0.497 e. The Morgan fingerprint density at radius 2 is 2.00 bits per heavy atom. The molecule has 118 valence electrons. The zero-order chi connectivity index (χ0) is 15.3. The molecule has 1 aromatic carbocycles. The van der Waals surface area contributed by atoms with Crippen LogP contribution < -0.4 is 10.5 Å². The molecule has 1 saturated carbocycles. The summed E-state index contributed by atoms with van der Waals surface area (Å²) in [4.78, 5) is 0. The molecule has 2 rings (SSSR count). The van der Waals surface area contributed by atoms with Crippen LogP contribution in [0.1, 0.15) is 45.1 Å². The van der Waals surface area contributed by atoms with Crippen LogP contribution in [0.25, 0.3) is 0 Å². The summed E-state index contributed by atoms with van der Waals surface area (Å²) in [7, 11) is 1.69. The molecular weight excluding hydrogens is 262 g/mol. The van der Waals surface area contributed by atoms with E-state index in [1.54, 1.807) is 7.11 Å². The number of hydrogen-bond donors (Lipinski definition) is 1. The molecule has 1 fully saturated rings. The lowest BCUT2D eigenvalue weighted by molar-refractivity contribution is -0.0841. The number of nitrogens with two attached hydrogens (primary N) is 1. The molecule has 0 unspecified atom stereocenters. The number of ether oxygens (including phenoxy) is 2. The highest BCUT2D eigenvalue weighted by molar-refractivity contribution is 5.27. The van der Waals surface area contributed by atoms with E-state index in [1.807, 2.05) is 18.2 Å². The summed E-state index contributed by atoms with van der Waals surface area (Å²) >= 11 is 0. The Bertz CT molecular complexity index is 437. The lowest BCUT2D eigenvalue weighted by Gasteiger charge is -2.40. The normalized spacial score (nSPS) is 26.0. The van der Waals surface area contributed by atoms with Gasteiger partial charge in [0.2, 0.25) is 0 Å². The lowest BCUT2D eigenvalue weighted by atomic mass is 9.74. The summed E-state index contributed by atoms with van der Waals surface area (Å²) in [6.07, 6.45) is 4.62. The third kappa shape index (κ3) is 4.21. The molecule has 3 nitrogen and oxygen atoms in total.